The first kappa shape index (κ1) is 25.5. The second-order valence-corrected chi connectivity index (χ2v) is 10.5. The van der Waals surface area contributed by atoms with Gasteiger partial charge < -0.3 is 14.8 Å². The molecule has 4 rings (SSSR count). The summed E-state index contributed by atoms with van der Waals surface area (Å²) in [5, 5.41) is 2.70. The fourth-order valence-corrected chi connectivity index (χ4v) is 5.53. The molecule has 1 heterocycles. The lowest BCUT2D eigenvalue weighted by molar-refractivity contribution is -0.112. The molecule has 1 N–H and O–H groups in total. The quantitative estimate of drug-likeness (QED) is 0.204. The first-order chi connectivity index (χ1) is 17.0. The number of carbonyl (C=O) groups is 2. The van der Waals surface area contributed by atoms with Crippen LogP contribution < -0.4 is 14.8 Å². The van der Waals surface area contributed by atoms with Gasteiger partial charge in [-0.25, -0.2) is 0 Å². The molecule has 8 heteroatoms. The molecule has 1 aliphatic rings. The van der Waals surface area contributed by atoms with Crippen molar-refractivity contribution < 1.29 is 19.1 Å². The molecule has 0 aromatic heterocycles. The molecule has 0 aliphatic carbocycles. The average Bonchev–Trinajstić information content (AvgIpc) is 3.19. The summed E-state index contributed by atoms with van der Waals surface area (Å²) >= 11 is 8.78. The molecule has 1 fully saturated rings. The van der Waals surface area contributed by atoms with Gasteiger partial charge in [-0.05, 0) is 66.4 Å². The zero-order chi connectivity index (χ0) is 24.6. The van der Waals surface area contributed by atoms with E-state index in [0.717, 1.165) is 52.7 Å². The highest BCUT2D eigenvalue weighted by atomic mass is 35.5. The Bertz CT molecular complexity index is 1190. The smallest absolute Gasteiger partial charge is 0.287 e. The molecule has 0 spiro atoms. The van der Waals surface area contributed by atoms with E-state index in [4.69, 9.17) is 21.1 Å². The lowest BCUT2D eigenvalue weighted by atomic mass is 10.1. The number of para-hydroxylation sites is 1. The van der Waals surface area contributed by atoms with Crippen molar-refractivity contribution in [2.45, 2.75) is 37.1 Å². The minimum atomic E-state index is -0.626. The maximum absolute atomic E-state index is 11.9. The summed E-state index contributed by atoms with van der Waals surface area (Å²) in [7, 11) is 0. The molecule has 5 nitrogen and oxygen atoms in total. The molecule has 1 unspecified atom stereocenters. The normalized spacial score (nSPS) is 15.2. The van der Waals surface area contributed by atoms with Crippen LogP contribution in [-0.4, -0.2) is 22.7 Å². The van der Waals surface area contributed by atoms with E-state index in [0.29, 0.717) is 29.0 Å². The van der Waals surface area contributed by atoms with E-state index in [1.165, 1.54) is 0 Å². The van der Waals surface area contributed by atoms with Crippen LogP contribution in [0.2, 0.25) is 5.02 Å². The second kappa shape index (κ2) is 12.4. The van der Waals surface area contributed by atoms with E-state index in [1.54, 1.807) is 17.8 Å². The molecule has 3 aromatic carbocycles. The number of hydrogen-bond donors (Lipinski definition) is 1. The summed E-state index contributed by atoms with van der Waals surface area (Å²) in [6.07, 6.45) is 2.79. The Morgan fingerprint density at radius 1 is 1.03 bits per heavy atom. The third-order valence-electron chi connectivity index (χ3n) is 5.31. The number of thioether (sulfide) groups is 2. The minimum absolute atomic E-state index is 0.203. The fourth-order valence-electron chi connectivity index (χ4n) is 3.66. The first-order valence-electron chi connectivity index (χ1n) is 11.5. The van der Waals surface area contributed by atoms with Gasteiger partial charge in [-0.1, -0.05) is 49.2 Å². The van der Waals surface area contributed by atoms with Gasteiger partial charge in [-0.15, -0.1) is 11.8 Å². The van der Waals surface area contributed by atoms with E-state index in [-0.39, 0.29) is 10.4 Å². The summed E-state index contributed by atoms with van der Waals surface area (Å²) in [6.45, 7) is 2.74. The number of aryl methyl sites for hydroxylation is 1. The second-order valence-electron chi connectivity index (χ2n) is 7.96. The third-order valence-corrected chi connectivity index (χ3v) is 7.64. The summed E-state index contributed by atoms with van der Waals surface area (Å²) in [5.74, 6) is 3.34. The number of carbonyl (C=O) groups excluding carboxylic acids is 2. The highest BCUT2D eigenvalue weighted by Crippen LogP contribution is 2.34. The number of benzene rings is 3. The fraction of sp³-hybridized carbons (Fsp3) is 0.259. The first-order valence-corrected chi connectivity index (χ1v) is 13.6. The maximum atomic E-state index is 11.9. The molecule has 1 atom stereocenters. The lowest BCUT2D eigenvalue weighted by Crippen LogP contribution is -2.19. The molecular formula is C27H26ClNO4S2. The standard InChI is InChI=1S/C27H26ClNO4S2/c1-2-7-18-16-21(33-20-8-4-3-5-9-20)11-12-23(18)32-14-6-15-34-24-13-10-19(17-22(24)28)25-26(30)35-27(31)29-25/h3-5,8-13,16-17,25H,2,6-7,14-15H2,1H3,(H,29,31). The molecule has 1 saturated heterocycles. The highest BCUT2D eigenvalue weighted by molar-refractivity contribution is 8.26. The van der Waals surface area contributed by atoms with Crippen molar-refractivity contribution in [3.63, 3.8) is 0 Å². The van der Waals surface area contributed by atoms with Crippen molar-refractivity contribution in [1.82, 2.24) is 5.32 Å². The van der Waals surface area contributed by atoms with Crippen LogP contribution in [0, 0.1) is 0 Å². The lowest BCUT2D eigenvalue weighted by Gasteiger charge is -2.14. The molecule has 1 amide bonds. The van der Waals surface area contributed by atoms with Crippen LogP contribution in [0.1, 0.15) is 36.9 Å². The molecule has 3 aromatic rings. The van der Waals surface area contributed by atoms with E-state index in [1.807, 2.05) is 54.6 Å². The number of rotatable bonds is 11. The van der Waals surface area contributed by atoms with Gasteiger partial charge in [0.15, 0.2) is 0 Å². The van der Waals surface area contributed by atoms with E-state index < -0.39 is 6.04 Å². The van der Waals surface area contributed by atoms with Gasteiger partial charge in [-0.2, -0.15) is 0 Å². The zero-order valence-electron chi connectivity index (χ0n) is 19.3. The predicted molar refractivity (Wildman–Crippen MR) is 143 cm³/mol. The SMILES string of the molecule is CCCc1cc(Oc2ccccc2)ccc1OCCCSc1ccc(C2NC(=O)SC2=O)cc1Cl. The van der Waals surface area contributed by atoms with Gasteiger partial charge >= 0.3 is 0 Å². The highest BCUT2D eigenvalue weighted by Gasteiger charge is 2.32. The van der Waals surface area contributed by atoms with Gasteiger partial charge in [0.25, 0.3) is 5.24 Å². The van der Waals surface area contributed by atoms with E-state index >= 15 is 0 Å². The average molecular weight is 528 g/mol. The molecule has 35 heavy (non-hydrogen) atoms. The Balaban J connectivity index is 1.27. The van der Waals surface area contributed by atoms with Crippen LogP contribution in [-0.2, 0) is 11.2 Å². The summed E-state index contributed by atoms with van der Waals surface area (Å²) in [5.41, 5.74) is 1.84. The molecular weight excluding hydrogens is 502 g/mol. The van der Waals surface area contributed by atoms with Gasteiger partial charge in [-0.3, -0.25) is 9.59 Å². The largest absolute Gasteiger partial charge is 0.493 e. The number of hydrogen-bond acceptors (Lipinski definition) is 6. The topological polar surface area (TPSA) is 64.6 Å². The maximum Gasteiger partial charge on any atom is 0.287 e. The van der Waals surface area contributed by atoms with Crippen molar-refractivity contribution >= 4 is 45.5 Å². The summed E-state index contributed by atoms with van der Waals surface area (Å²) in [6, 6.07) is 20.6. The number of amides is 1. The molecule has 0 saturated carbocycles. The van der Waals surface area contributed by atoms with Gasteiger partial charge in [0.2, 0.25) is 5.12 Å². The Kier molecular flexibility index (Phi) is 9.01. The Morgan fingerprint density at radius 3 is 2.57 bits per heavy atom. The van der Waals surface area contributed by atoms with Crippen molar-refractivity contribution in [3.05, 3.63) is 82.9 Å². The Morgan fingerprint density at radius 2 is 1.86 bits per heavy atom. The zero-order valence-corrected chi connectivity index (χ0v) is 21.7. The number of ether oxygens (including phenoxy) is 2. The summed E-state index contributed by atoms with van der Waals surface area (Å²) in [4.78, 5) is 24.3. The molecule has 0 radical (unpaired) electrons. The monoisotopic (exact) mass is 527 g/mol. The number of halogens is 1. The van der Waals surface area contributed by atoms with Gasteiger partial charge in [0, 0.05) is 22.4 Å². The molecule has 182 valence electrons. The van der Waals surface area contributed by atoms with E-state index in [2.05, 4.69) is 18.3 Å². The summed E-state index contributed by atoms with van der Waals surface area (Å²) < 4.78 is 12.1. The van der Waals surface area contributed by atoms with Crippen molar-refractivity contribution in [2.75, 3.05) is 12.4 Å². The van der Waals surface area contributed by atoms with E-state index in [9.17, 15) is 9.59 Å². The van der Waals surface area contributed by atoms with Crippen LogP contribution in [0.25, 0.3) is 0 Å². The predicted octanol–water partition coefficient (Wildman–Crippen LogP) is 7.67. The van der Waals surface area contributed by atoms with Crippen molar-refractivity contribution in [2.24, 2.45) is 0 Å². The van der Waals surface area contributed by atoms with Crippen LogP contribution in [0.5, 0.6) is 17.2 Å². The Hall–Kier alpha value is -2.61. The Labute approximate surface area is 218 Å². The van der Waals surface area contributed by atoms with Crippen LogP contribution in [0.4, 0.5) is 4.79 Å². The van der Waals surface area contributed by atoms with Crippen molar-refractivity contribution in [1.29, 1.82) is 0 Å². The van der Waals surface area contributed by atoms with Crippen molar-refractivity contribution in [3.8, 4) is 17.2 Å². The van der Waals surface area contributed by atoms with Crippen LogP contribution in [0.3, 0.4) is 0 Å². The molecule has 0 bridgehead atoms. The van der Waals surface area contributed by atoms with Gasteiger partial charge in [0.1, 0.15) is 23.3 Å². The van der Waals surface area contributed by atoms with Crippen LogP contribution >= 0.6 is 35.1 Å². The van der Waals surface area contributed by atoms with Gasteiger partial charge in [0.05, 0.1) is 11.6 Å². The third kappa shape index (κ3) is 6.97. The number of nitrogens with one attached hydrogen (secondary N) is 1. The molecule has 1 aliphatic heterocycles. The minimum Gasteiger partial charge on any atom is -0.493 e. The van der Waals surface area contributed by atoms with Crippen LogP contribution in [0.15, 0.2) is 71.6 Å².